The fourth-order valence-corrected chi connectivity index (χ4v) is 2.29. The predicted octanol–water partition coefficient (Wildman–Crippen LogP) is 2.78. The number of nitrogens with one attached hydrogen (secondary N) is 2. The summed E-state index contributed by atoms with van der Waals surface area (Å²) in [7, 11) is 0. The number of anilines is 2. The van der Waals surface area contributed by atoms with Gasteiger partial charge in [-0.3, -0.25) is 4.79 Å². The molecule has 1 aromatic carbocycles. The van der Waals surface area contributed by atoms with Crippen molar-refractivity contribution < 1.29 is 0 Å². The molecule has 0 aliphatic heterocycles. The van der Waals surface area contributed by atoms with Crippen LogP contribution in [0.2, 0.25) is 0 Å². The van der Waals surface area contributed by atoms with Crippen molar-refractivity contribution in [2.45, 2.75) is 4.90 Å². The summed E-state index contributed by atoms with van der Waals surface area (Å²) in [5, 5.41) is 3.93. The van der Waals surface area contributed by atoms with Crippen LogP contribution in [0.15, 0.2) is 52.3 Å². The topological polar surface area (TPSA) is 70.7 Å². The number of H-pyrrole nitrogens is 1. The summed E-state index contributed by atoms with van der Waals surface area (Å²) in [5.41, 5.74) is 1.26. The third-order valence-electron chi connectivity index (χ3n) is 2.80. The summed E-state index contributed by atoms with van der Waals surface area (Å²) < 4.78 is 0. The van der Waals surface area contributed by atoms with E-state index >= 15 is 0 Å². The van der Waals surface area contributed by atoms with Gasteiger partial charge in [-0.2, -0.15) is 4.98 Å². The van der Waals surface area contributed by atoms with Crippen LogP contribution in [-0.4, -0.2) is 21.2 Å². The minimum absolute atomic E-state index is 0.175. The summed E-state index contributed by atoms with van der Waals surface area (Å²) >= 11 is 1.67. The zero-order valence-corrected chi connectivity index (χ0v) is 11.6. The Bertz CT molecular complexity index is 815. The Morgan fingerprint density at radius 3 is 3.00 bits per heavy atom. The van der Waals surface area contributed by atoms with E-state index in [-0.39, 0.29) is 5.56 Å². The zero-order chi connectivity index (χ0) is 13.9. The molecule has 5 nitrogen and oxygen atoms in total. The Morgan fingerprint density at radius 1 is 1.25 bits per heavy atom. The molecule has 3 aromatic rings. The predicted molar refractivity (Wildman–Crippen MR) is 81.7 cm³/mol. The van der Waals surface area contributed by atoms with Crippen molar-refractivity contribution in [3.05, 3.63) is 52.9 Å². The van der Waals surface area contributed by atoms with E-state index in [1.807, 2.05) is 30.5 Å². The third-order valence-corrected chi connectivity index (χ3v) is 3.52. The van der Waals surface area contributed by atoms with E-state index in [0.29, 0.717) is 11.6 Å². The van der Waals surface area contributed by atoms with E-state index in [9.17, 15) is 4.79 Å². The van der Waals surface area contributed by atoms with Crippen LogP contribution in [0.4, 0.5) is 11.6 Å². The standard InChI is InChI=1S/C14H12N4OS/c1-20-11-4-2-3-10(7-11)16-14-15-8-9-5-6-12(19)17-13(9)18-14/h2-8H,1H3,(H2,15,16,17,18,19). The Morgan fingerprint density at radius 2 is 2.15 bits per heavy atom. The zero-order valence-electron chi connectivity index (χ0n) is 10.8. The van der Waals surface area contributed by atoms with Gasteiger partial charge in [0.25, 0.3) is 0 Å². The second kappa shape index (κ2) is 5.34. The average Bonchev–Trinajstić information content (AvgIpc) is 2.47. The molecule has 0 bridgehead atoms. The van der Waals surface area contributed by atoms with Crippen LogP contribution in [0, 0.1) is 0 Å². The Balaban J connectivity index is 1.95. The average molecular weight is 284 g/mol. The van der Waals surface area contributed by atoms with Crippen molar-refractivity contribution >= 4 is 34.4 Å². The van der Waals surface area contributed by atoms with Gasteiger partial charge in [0.05, 0.1) is 0 Å². The minimum Gasteiger partial charge on any atom is -0.324 e. The van der Waals surface area contributed by atoms with Crippen LogP contribution in [0.25, 0.3) is 11.0 Å². The quantitative estimate of drug-likeness (QED) is 0.724. The molecule has 20 heavy (non-hydrogen) atoms. The molecule has 3 rings (SSSR count). The van der Waals surface area contributed by atoms with E-state index < -0.39 is 0 Å². The van der Waals surface area contributed by atoms with E-state index in [1.165, 1.54) is 6.07 Å². The molecular formula is C14H12N4OS. The number of rotatable bonds is 3. The fraction of sp³-hybridized carbons (Fsp3) is 0.0714. The molecule has 6 heteroatoms. The molecular weight excluding hydrogens is 272 g/mol. The second-order valence-electron chi connectivity index (χ2n) is 4.18. The van der Waals surface area contributed by atoms with Crippen molar-refractivity contribution in [2.24, 2.45) is 0 Å². The summed E-state index contributed by atoms with van der Waals surface area (Å²) in [4.78, 5) is 23.7. The molecule has 0 aliphatic carbocycles. The summed E-state index contributed by atoms with van der Waals surface area (Å²) in [6, 6.07) is 11.1. The largest absolute Gasteiger partial charge is 0.324 e. The van der Waals surface area contributed by atoms with Crippen molar-refractivity contribution in [3.8, 4) is 0 Å². The maximum atomic E-state index is 11.3. The summed E-state index contributed by atoms with van der Waals surface area (Å²) in [6.07, 6.45) is 3.70. The molecule has 0 atom stereocenters. The Labute approximate surface area is 119 Å². The fourth-order valence-electron chi connectivity index (χ4n) is 1.83. The molecule has 2 N–H and O–H groups in total. The van der Waals surface area contributed by atoms with Gasteiger partial charge in [0.2, 0.25) is 11.5 Å². The highest BCUT2D eigenvalue weighted by molar-refractivity contribution is 7.98. The van der Waals surface area contributed by atoms with Crippen molar-refractivity contribution in [1.82, 2.24) is 15.0 Å². The number of thioether (sulfide) groups is 1. The normalized spacial score (nSPS) is 10.7. The van der Waals surface area contributed by atoms with E-state index in [2.05, 4.69) is 20.3 Å². The molecule has 0 radical (unpaired) electrons. The van der Waals surface area contributed by atoms with Gasteiger partial charge in [-0.1, -0.05) is 6.07 Å². The molecule has 0 saturated carbocycles. The van der Waals surface area contributed by atoms with Crippen LogP contribution in [0.5, 0.6) is 0 Å². The first-order valence-corrected chi connectivity index (χ1v) is 7.24. The van der Waals surface area contributed by atoms with Crippen LogP contribution in [0.1, 0.15) is 0 Å². The molecule has 0 spiro atoms. The summed E-state index contributed by atoms with van der Waals surface area (Å²) in [5.74, 6) is 0.456. The number of nitrogens with zero attached hydrogens (tertiary/aromatic N) is 2. The number of aromatic amines is 1. The van der Waals surface area contributed by atoms with Gasteiger partial charge in [0, 0.05) is 28.2 Å². The minimum atomic E-state index is -0.175. The van der Waals surface area contributed by atoms with Gasteiger partial charge < -0.3 is 10.3 Å². The number of benzene rings is 1. The molecule has 0 unspecified atom stereocenters. The maximum absolute atomic E-state index is 11.3. The molecule has 100 valence electrons. The van der Waals surface area contributed by atoms with Gasteiger partial charge in [0.15, 0.2) is 0 Å². The van der Waals surface area contributed by atoms with Crippen LogP contribution in [-0.2, 0) is 0 Å². The number of aromatic nitrogens is 3. The molecule has 2 aromatic heterocycles. The SMILES string of the molecule is CSc1cccc(Nc2ncc3ccc(=O)[nH]c3n2)c1. The van der Waals surface area contributed by atoms with E-state index in [0.717, 1.165) is 16.0 Å². The van der Waals surface area contributed by atoms with Crippen molar-refractivity contribution in [1.29, 1.82) is 0 Å². The van der Waals surface area contributed by atoms with Crippen LogP contribution in [0.3, 0.4) is 0 Å². The highest BCUT2D eigenvalue weighted by Gasteiger charge is 2.02. The number of hydrogen-bond acceptors (Lipinski definition) is 5. The number of hydrogen-bond donors (Lipinski definition) is 2. The molecule has 2 heterocycles. The first-order valence-electron chi connectivity index (χ1n) is 6.02. The Hall–Kier alpha value is -2.34. The van der Waals surface area contributed by atoms with Crippen molar-refractivity contribution in [3.63, 3.8) is 0 Å². The van der Waals surface area contributed by atoms with Crippen LogP contribution >= 0.6 is 11.8 Å². The lowest BCUT2D eigenvalue weighted by Crippen LogP contribution is -2.05. The number of pyridine rings is 1. The van der Waals surface area contributed by atoms with Gasteiger partial charge in [-0.25, -0.2) is 4.98 Å². The van der Waals surface area contributed by atoms with E-state index in [4.69, 9.17) is 0 Å². The van der Waals surface area contributed by atoms with Gasteiger partial charge >= 0.3 is 0 Å². The first-order chi connectivity index (χ1) is 9.74. The van der Waals surface area contributed by atoms with E-state index in [1.54, 1.807) is 24.0 Å². The summed E-state index contributed by atoms with van der Waals surface area (Å²) in [6.45, 7) is 0. The highest BCUT2D eigenvalue weighted by atomic mass is 32.2. The first kappa shape index (κ1) is 12.7. The second-order valence-corrected chi connectivity index (χ2v) is 5.06. The highest BCUT2D eigenvalue weighted by Crippen LogP contribution is 2.21. The molecule has 0 aliphatic rings. The lowest BCUT2D eigenvalue weighted by Gasteiger charge is -2.06. The molecule has 0 fully saturated rings. The molecule has 0 amide bonds. The van der Waals surface area contributed by atoms with Crippen LogP contribution < -0.4 is 10.9 Å². The maximum Gasteiger partial charge on any atom is 0.249 e. The number of fused-ring (bicyclic) bond motifs is 1. The van der Waals surface area contributed by atoms with Gasteiger partial charge in [0.1, 0.15) is 5.65 Å². The smallest absolute Gasteiger partial charge is 0.249 e. The Kier molecular flexibility index (Phi) is 3.39. The van der Waals surface area contributed by atoms with Gasteiger partial charge in [-0.15, -0.1) is 11.8 Å². The van der Waals surface area contributed by atoms with Crippen molar-refractivity contribution in [2.75, 3.05) is 11.6 Å². The monoisotopic (exact) mass is 284 g/mol. The van der Waals surface area contributed by atoms with Gasteiger partial charge in [-0.05, 0) is 30.5 Å². The molecule has 0 saturated heterocycles. The third kappa shape index (κ3) is 2.65. The lowest BCUT2D eigenvalue weighted by molar-refractivity contribution is 1.16. The lowest BCUT2D eigenvalue weighted by atomic mass is 10.3.